The number of rotatable bonds is 2. The van der Waals surface area contributed by atoms with Crippen molar-refractivity contribution in [1.82, 2.24) is 15.3 Å². The number of hydrogen-bond acceptors (Lipinski definition) is 2. The molecule has 2 aromatic rings. The van der Waals surface area contributed by atoms with E-state index in [9.17, 15) is 0 Å². The van der Waals surface area contributed by atoms with E-state index in [1.165, 1.54) is 22.2 Å². The molecule has 3 heteroatoms. The summed E-state index contributed by atoms with van der Waals surface area (Å²) in [6.07, 6.45) is 6.29. The van der Waals surface area contributed by atoms with Gasteiger partial charge in [-0.05, 0) is 42.7 Å². The Morgan fingerprint density at radius 3 is 3.12 bits per heavy atom. The predicted octanol–water partition coefficient (Wildman–Crippen LogP) is 2.50. The normalized spacial score (nSPS) is 16.2. The molecule has 0 aliphatic carbocycles. The first-order chi connectivity index (χ1) is 8.38. The Bertz CT molecular complexity index is 566. The highest BCUT2D eigenvalue weighted by Gasteiger charge is 2.10. The Kier molecular flexibility index (Phi) is 2.69. The second-order valence-electron chi connectivity index (χ2n) is 4.45. The zero-order valence-electron chi connectivity index (χ0n) is 10.1. The second kappa shape index (κ2) is 4.34. The van der Waals surface area contributed by atoms with Gasteiger partial charge in [-0.1, -0.05) is 13.0 Å². The molecule has 1 aliphatic rings. The van der Waals surface area contributed by atoms with Crippen LogP contribution in [-0.2, 0) is 6.42 Å². The van der Waals surface area contributed by atoms with Crippen LogP contribution < -0.4 is 5.32 Å². The standard InChI is InChI=1S/C14H17N3/c1-2-10-5-8-16-14-12(10)9-13(17-14)11-3-6-15-7-4-11/h3,5,8-9,15H,2,4,6-7H2,1H3,(H,16,17). The number of pyridine rings is 1. The van der Waals surface area contributed by atoms with Crippen molar-refractivity contribution in [3.05, 3.63) is 35.7 Å². The van der Waals surface area contributed by atoms with E-state index in [-0.39, 0.29) is 0 Å². The van der Waals surface area contributed by atoms with Gasteiger partial charge in [-0.3, -0.25) is 0 Å². The highest BCUT2D eigenvalue weighted by molar-refractivity contribution is 5.84. The number of H-pyrrole nitrogens is 1. The number of hydrogen-bond donors (Lipinski definition) is 2. The number of aromatic amines is 1. The van der Waals surface area contributed by atoms with Crippen LogP contribution in [0.1, 0.15) is 24.6 Å². The minimum absolute atomic E-state index is 0.971. The van der Waals surface area contributed by atoms with Gasteiger partial charge in [0.05, 0.1) is 0 Å². The maximum atomic E-state index is 4.41. The summed E-state index contributed by atoms with van der Waals surface area (Å²) in [5.41, 5.74) is 5.02. The lowest BCUT2D eigenvalue weighted by atomic mass is 10.1. The van der Waals surface area contributed by atoms with E-state index >= 15 is 0 Å². The molecule has 0 saturated carbocycles. The van der Waals surface area contributed by atoms with Gasteiger partial charge in [0.1, 0.15) is 5.65 Å². The molecule has 0 aromatic carbocycles. The Morgan fingerprint density at radius 1 is 1.41 bits per heavy atom. The topological polar surface area (TPSA) is 40.7 Å². The third-order valence-electron chi connectivity index (χ3n) is 3.41. The maximum absolute atomic E-state index is 4.41. The molecule has 3 heterocycles. The first-order valence-corrected chi connectivity index (χ1v) is 6.25. The summed E-state index contributed by atoms with van der Waals surface area (Å²) in [6.45, 7) is 4.22. The minimum Gasteiger partial charge on any atom is -0.339 e. The van der Waals surface area contributed by atoms with Gasteiger partial charge >= 0.3 is 0 Å². The van der Waals surface area contributed by atoms with Crippen LogP contribution in [0, 0.1) is 0 Å². The van der Waals surface area contributed by atoms with Gasteiger partial charge in [0.25, 0.3) is 0 Å². The fourth-order valence-electron chi connectivity index (χ4n) is 2.43. The summed E-state index contributed by atoms with van der Waals surface area (Å²) in [5, 5.41) is 4.60. The number of aromatic nitrogens is 2. The fraction of sp³-hybridized carbons (Fsp3) is 0.357. The molecule has 0 fully saturated rings. The van der Waals surface area contributed by atoms with Crippen molar-refractivity contribution in [2.24, 2.45) is 0 Å². The molecule has 0 spiro atoms. The van der Waals surface area contributed by atoms with Crippen LogP contribution >= 0.6 is 0 Å². The summed E-state index contributed by atoms with van der Waals surface area (Å²) >= 11 is 0. The average Bonchev–Trinajstić information content (AvgIpc) is 2.83. The molecule has 0 unspecified atom stereocenters. The number of aryl methyl sites for hydroxylation is 1. The lowest BCUT2D eigenvalue weighted by Crippen LogP contribution is -2.20. The molecule has 0 radical (unpaired) electrons. The molecule has 3 rings (SSSR count). The third-order valence-corrected chi connectivity index (χ3v) is 3.41. The smallest absolute Gasteiger partial charge is 0.137 e. The first-order valence-electron chi connectivity index (χ1n) is 6.25. The van der Waals surface area contributed by atoms with Crippen LogP contribution in [0.5, 0.6) is 0 Å². The lowest BCUT2D eigenvalue weighted by Gasteiger charge is -2.12. The van der Waals surface area contributed by atoms with Crippen molar-refractivity contribution in [2.75, 3.05) is 13.1 Å². The summed E-state index contributed by atoms with van der Waals surface area (Å²) in [5.74, 6) is 0. The third kappa shape index (κ3) is 1.87. The van der Waals surface area contributed by atoms with Crippen molar-refractivity contribution >= 4 is 16.6 Å². The quantitative estimate of drug-likeness (QED) is 0.827. The van der Waals surface area contributed by atoms with Crippen molar-refractivity contribution in [1.29, 1.82) is 0 Å². The Labute approximate surface area is 101 Å². The summed E-state index contributed by atoms with van der Waals surface area (Å²) in [6, 6.07) is 4.36. The molecule has 0 atom stereocenters. The highest BCUT2D eigenvalue weighted by Crippen LogP contribution is 2.25. The SMILES string of the molecule is CCc1ccnc2[nH]c(C3=CCNCC3)cc12. The zero-order chi connectivity index (χ0) is 11.7. The average molecular weight is 227 g/mol. The first kappa shape index (κ1) is 10.5. The number of nitrogens with one attached hydrogen (secondary N) is 2. The van der Waals surface area contributed by atoms with Crippen LogP contribution in [0.4, 0.5) is 0 Å². The van der Waals surface area contributed by atoms with Gasteiger partial charge in [-0.15, -0.1) is 0 Å². The molecule has 2 aromatic heterocycles. The predicted molar refractivity (Wildman–Crippen MR) is 70.9 cm³/mol. The van der Waals surface area contributed by atoms with Crippen LogP contribution in [0.15, 0.2) is 24.4 Å². The molecule has 0 bridgehead atoms. The fourth-order valence-corrected chi connectivity index (χ4v) is 2.43. The molecular formula is C14H17N3. The minimum atomic E-state index is 0.971. The van der Waals surface area contributed by atoms with Crippen molar-refractivity contribution < 1.29 is 0 Å². The second-order valence-corrected chi connectivity index (χ2v) is 4.45. The summed E-state index contributed by atoms with van der Waals surface area (Å²) in [7, 11) is 0. The van der Waals surface area contributed by atoms with E-state index < -0.39 is 0 Å². The molecule has 17 heavy (non-hydrogen) atoms. The summed E-state index contributed by atoms with van der Waals surface area (Å²) in [4.78, 5) is 7.84. The summed E-state index contributed by atoms with van der Waals surface area (Å²) < 4.78 is 0. The molecule has 0 amide bonds. The molecule has 1 aliphatic heterocycles. The van der Waals surface area contributed by atoms with E-state index in [4.69, 9.17) is 0 Å². The van der Waals surface area contributed by atoms with Gasteiger partial charge in [0.15, 0.2) is 0 Å². The van der Waals surface area contributed by atoms with Gasteiger partial charge in [0.2, 0.25) is 0 Å². The van der Waals surface area contributed by atoms with Crippen LogP contribution in [0.2, 0.25) is 0 Å². The lowest BCUT2D eigenvalue weighted by molar-refractivity contribution is 0.737. The number of fused-ring (bicyclic) bond motifs is 1. The van der Waals surface area contributed by atoms with Crippen molar-refractivity contribution in [2.45, 2.75) is 19.8 Å². The van der Waals surface area contributed by atoms with Gasteiger partial charge in [0, 0.05) is 23.8 Å². The maximum Gasteiger partial charge on any atom is 0.137 e. The van der Waals surface area contributed by atoms with Gasteiger partial charge in [-0.25, -0.2) is 4.98 Å². The Hall–Kier alpha value is -1.61. The van der Waals surface area contributed by atoms with Gasteiger partial charge in [-0.2, -0.15) is 0 Å². The molecule has 0 saturated heterocycles. The Balaban J connectivity index is 2.10. The zero-order valence-corrected chi connectivity index (χ0v) is 10.1. The van der Waals surface area contributed by atoms with Crippen LogP contribution in [-0.4, -0.2) is 23.1 Å². The number of nitrogens with zero attached hydrogens (tertiary/aromatic N) is 1. The van der Waals surface area contributed by atoms with Crippen molar-refractivity contribution in [3.8, 4) is 0 Å². The molecule has 2 N–H and O–H groups in total. The molecule has 88 valence electrons. The largest absolute Gasteiger partial charge is 0.339 e. The highest BCUT2D eigenvalue weighted by atomic mass is 14.9. The van der Waals surface area contributed by atoms with Crippen LogP contribution in [0.3, 0.4) is 0 Å². The van der Waals surface area contributed by atoms with E-state index in [0.29, 0.717) is 0 Å². The molecular weight excluding hydrogens is 210 g/mol. The molecule has 3 nitrogen and oxygen atoms in total. The van der Waals surface area contributed by atoms with E-state index in [1.54, 1.807) is 0 Å². The van der Waals surface area contributed by atoms with Crippen LogP contribution in [0.25, 0.3) is 16.6 Å². The van der Waals surface area contributed by atoms with Crippen molar-refractivity contribution in [3.63, 3.8) is 0 Å². The van der Waals surface area contributed by atoms with E-state index in [2.05, 4.69) is 40.4 Å². The Morgan fingerprint density at radius 2 is 2.35 bits per heavy atom. The van der Waals surface area contributed by atoms with E-state index in [1.807, 2.05) is 6.20 Å². The van der Waals surface area contributed by atoms with E-state index in [0.717, 1.165) is 31.6 Å². The monoisotopic (exact) mass is 227 g/mol. The van der Waals surface area contributed by atoms with Gasteiger partial charge < -0.3 is 10.3 Å².